The molecular formula is C12H14F2N2O3. The zero-order valence-corrected chi connectivity index (χ0v) is 10.2. The molecule has 7 heteroatoms. The summed E-state index contributed by atoms with van der Waals surface area (Å²) in [5.74, 6) is -2.72. The van der Waals surface area contributed by atoms with Crippen LogP contribution >= 0.6 is 0 Å². The number of halogens is 2. The van der Waals surface area contributed by atoms with Crippen molar-refractivity contribution < 1.29 is 23.4 Å². The van der Waals surface area contributed by atoms with Gasteiger partial charge in [-0.3, -0.25) is 4.79 Å². The average Bonchev–Trinajstić information content (AvgIpc) is 2.75. The molecule has 2 rings (SSSR count). The third-order valence-corrected chi connectivity index (χ3v) is 2.89. The Kier molecular flexibility index (Phi) is 3.96. The van der Waals surface area contributed by atoms with Crippen LogP contribution in [0.5, 0.6) is 5.75 Å². The fourth-order valence-corrected chi connectivity index (χ4v) is 1.97. The lowest BCUT2D eigenvalue weighted by atomic mass is 10.2. The quantitative estimate of drug-likeness (QED) is 0.755. The van der Waals surface area contributed by atoms with Gasteiger partial charge in [0.25, 0.3) is 0 Å². The molecule has 1 aromatic rings. The number of carbonyl (C=O) groups excluding carboxylic acids is 1. The molecule has 19 heavy (non-hydrogen) atoms. The highest BCUT2D eigenvalue weighted by atomic mass is 19.1. The second kappa shape index (κ2) is 5.50. The maximum absolute atomic E-state index is 13.4. The summed E-state index contributed by atoms with van der Waals surface area (Å²) in [6, 6.07) is 1.39. The predicted octanol–water partition coefficient (Wildman–Crippen LogP) is 0.635. The van der Waals surface area contributed by atoms with Gasteiger partial charge in [0.05, 0.1) is 19.3 Å². The van der Waals surface area contributed by atoms with Gasteiger partial charge in [0.1, 0.15) is 0 Å². The summed E-state index contributed by atoms with van der Waals surface area (Å²) in [4.78, 5) is 11.8. The van der Waals surface area contributed by atoms with E-state index in [0.717, 1.165) is 19.2 Å². The number of hydrogen-bond donors (Lipinski definition) is 3. The normalized spacial score (nSPS) is 22.3. The number of anilines is 1. The Bertz CT molecular complexity index is 473. The first-order chi connectivity index (χ1) is 9.01. The molecular weight excluding hydrogens is 258 g/mol. The van der Waals surface area contributed by atoms with Gasteiger partial charge in [-0.15, -0.1) is 0 Å². The lowest BCUT2D eigenvalue weighted by Gasteiger charge is -2.12. The van der Waals surface area contributed by atoms with E-state index in [9.17, 15) is 18.7 Å². The van der Waals surface area contributed by atoms with Crippen LogP contribution in [0.3, 0.4) is 0 Å². The summed E-state index contributed by atoms with van der Waals surface area (Å²) in [5.41, 5.74) is 0.00369. The molecule has 0 saturated carbocycles. The highest BCUT2D eigenvalue weighted by molar-refractivity contribution is 5.95. The van der Waals surface area contributed by atoms with Gasteiger partial charge in [-0.1, -0.05) is 0 Å². The van der Waals surface area contributed by atoms with E-state index < -0.39 is 35.4 Å². The van der Waals surface area contributed by atoms with Crippen LogP contribution in [0, 0.1) is 11.6 Å². The molecule has 0 radical (unpaired) electrons. The van der Waals surface area contributed by atoms with Crippen LogP contribution in [0.1, 0.15) is 6.42 Å². The maximum atomic E-state index is 13.4. The summed E-state index contributed by atoms with van der Waals surface area (Å²) < 4.78 is 31.4. The van der Waals surface area contributed by atoms with Crippen LogP contribution in [0.4, 0.5) is 14.5 Å². The van der Waals surface area contributed by atoms with Gasteiger partial charge >= 0.3 is 0 Å². The Labute approximate surface area is 108 Å². The Balaban J connectivity index is 2.09. The Morgan fingerprint density at radius 1 is 1.47 bits per heavy atom. The number of nitrogens with one attached hydrogen (secondary N) is 2. The van der Waals surface area contributed by atoms with Gasteiger partial charge < -0.3 is 20.5 Å². The summed E-state index contributed by atoms with van der Waals surface area (Å²) in [6.07, 6.45) is -0.312. The molecule has 0 aliphatic carbocycles. The topological polar surface area (TPSA) is 70.6 Å². The lowest BCUT2D eigenvalue weighted by molar-refractivity contribution is -0.117. The summed E-state index contributed by atoms with van der Waals surface area (Å²) >= 11 is 0. The maximum Gasteiger partial charge on any atom is 0.241 e. The number of β-amino-alcohol motifs (C(OH)–C–C–N with tert-alkyl or cyclic N) is 1. The Morgan fingerprint density at radius 2 is 2.11 bits per heavy atom. The van der Waals surface area contributed by atoms with Crippen molar-refractivity contribution in [3.63, 3.8) is 0 Å². The number of hydrogen-bond acceptors (Lipinski definition) is 4. The number of ether oxygens (including phenoxy) is 1. The van der Waals surface area contributed by atoms with Crippen molar-refractivity contribution in [3.8, 4) is 5.75 Å². The minimum atomic E-state index is -0.891. The molecule has 1 amide bonds. The average molecular weight is 272 g/mol. The van der Waals surface area contributed by atoms with E-state index in [1.165, 1.54) is 0 Å². The van der Waals surface area contributed by atoms with Crippen molar-refractivity contribution in [2.75, 3.05) is 19.0 Å². The van der Waals surface area contributed by atoms with E-state index >= 15 is 0 Å². The SMILES string of the molecule is COc1c(F)cc(NC(=O)C2CC(O)CN2)cc1F. The van der Waals surface area contributed by atoms with Crippen LogP contribution in [0.2, 0.25) is 0 Å². The second-order valence-corrected chi connectivity index (χ2v) is 4.31. The third kappa shape index (κ3) is 2.99. The smallest absolute Gasteiger partial charge is 0.241 e. The highest BCUT2D eigenvalue weighted by Crippen LogP contribution is 2.25. The van der Waals surface area contributed by atoms with Crippen molar-refractivity contribution in [2.24, 2.45) is 0 Å². The van der Waals surface area contributed by atoms with Crippen LogP contribution in [0.15, 0.2) is 12.1 Å². The molecule has 1 aliphatic heterocycles. The molecule has 0 bridgehead atoms. The van der Waals surface area contributed by atoms with Gasteiger partial charge in [0.2, 0.25) is 5.91 Å². The molecule has 0 spiro atoms. The molecule has 3 N–H and O–H groups in total. The predicted molar refractivity (Wildman–Crippen MR) is 64.0 cm³/mol. The first-order valence-electron chi connectivity index (χ1n) is 5.76. The molecule has 1 aliphatic rings. The second-order valence-electron chi connectivity index (χ2n) is 4.31. The van der Waals surface area contributed by atoms with E-state index in [2.05, 4.69) is 15.4 Å². The van der Waals surface area contributed by atoms with Gasteiger partial charge in [0, 0.05) is 24.4 Å². The van der Waals surface area contributed by atoms with E-state index in [-0.39, 0.29) is 12.1 Å². The standard InChI is InChI=1S/C12H14F2N2O3/c1-19-11-8(13)2-6(3-9(11)14)16-12(18)10-4-7(17)5-15-10/h2-3,7,10,15,17H,4-5H2,1H3,(H,16,18). The third-order valence-electron chi connectivity index (χ3n) is 2.89. The first kappa shape index (κ1) is 13.7. The summed E-state index contributed by atoms with van der Waals surface area (Å²) in [5, 5.41) is 14.5. The number of benzene rings is 1. The molecule has 1 heterocycles. The molecule has 2 atom stereocenters. The molecule has 2 unspecified atom stereocenters. The molecule has 1 aromatic carbocycles. The van der Waals surface area contributed by atoms with E-state index in [1.807, 2.05) is 0 Å². The number of aliphatic hydroxyl groups excluding tert-OH is 1. The van der Waals surface area contributed by atoms with E-state index in [0.29, 0.717) is 6.54 Å². The van der Waals surface area contributed by atoms with Crippen LogP contribution in [-0.4, -0.2) is 36.8 Å². The number of carbonyl (C=O) groups is 1. The van der Waals surface area contributed by atoms with Gasteiger partial charge in [-0.2, -0.15) is 0 Å². The number of rotatable bonds is 3. The van der Waals surface area contributed by atoms with Crippen LogP contribution in [-0.2, 0) is 4.79 Å². The molecule has 104 valence electrons. The molecule has 5 nitrogen and oxygen atoms in total. The highest BCUT2D eigenvalue weighted by Gasteiger charge is 2.28. The fourth-order valence-electron chi connectivity index (χ4n) is 1.97. The number of aliphatic hydroxyl groups is 1. The van der Waals surface area contributed by atoms with Crippen molar-refractivity contribution in [3.05, 3.63) is 23.8 Å². The largest absolute Gasteiger partial charge is 0.491 e. The molecule has 1 fully saturated rings. The fraction of sp³-hybridized carbons (Fsp3) is 0.417. The summed E-state index contributed by atoms with van der Waals surface area (Å²) in [6.45, 7) is 0.323. The van der Waals surface area contributed by atoms with E-state index in [1.54, 1.807) is 0 Å². The van der Waals surface area contributed by atoms with Crippen molar-refractivity contribution >= 4 is 11.6 Å². The number of methoxy groups -OCH3 is 1. The van der Waals surface area contributed by atoms with Crippen molar-refractivity contribution in [1.82, 2.24) is 5.32 Å². The first-order valence-corrected chi connectivity index (χ1v) is 5.76. The Hall–Kier alpha value is -1.73. The molecule has 0 aromatic heterocycles. The van der Waals surface area contributed by atoms with Crippen LogP contribution < -0.4 is 15.4 Å². The van der Waals surface area contributed by atoms with Crippen molar-refractivity contribution in [2.45, 2.75) is 18.6 Å². The molecule has 1 saturated heterocycles. The zero-order chi connectivity index (χ0) is 14.0. The minimum Gasteiger partial charge on any atom is -0.491 e. The summed E-state index contributed by atoms with van der Waals surface area (Å²) in [7, 11) is 1.16. The minimum absolute atomic E-state index is 0.00369. The number of amides is 1. The Morgan fingerprint density at radius 3 is 2.58 bits per heavy atom. The lowest BCUT2D eigenvalue weighted by Crippen LogP contribution is -2.35. The van der Waals surface area contributed by atoms with Crippen LogP contribution in [0.25, 0.3) is 0 Å². The monoisotopic (exact) mass is 272 g/mol. The van der Waals surface area contributed by atoms with Gasteiger partial charge in [0.15, 0.2) is 17.4 Å². The van der Waals surface area contributed by atoms with Gasteiger partial charge in [-0.25, -0.2) is 8.78 Å². The zero-order valence-electron chi connectivity index (χ0n) is 10.2. The van der Waals surface area contributed by atoms with Crippen molar-refractivity contribution in [1.29, 1.82) is 0 Å². The van der Waals surface area contributed by atoms with Gasteiger partial charge in [-0.05, 0) is 6.42 Å². The van der Waals surface area contributed by atoms with E-state index in [4.69, 9.17) is 0 Å².